The first-order chi connectivity index (χ1) is 14.8. The highest BCUT2D eigenvalue weighted by Gasteiger charge is 2.26. The second kappa shape index (κ2) is 8.80. The summed E-state index contributed by atoms with van der Waals surface area (Å²) in [7, 11) is -3.01. The average Bonchev–Trinajstić information content (AvgIpc) is 3.12. The van der Waals surface area contributed by atoms with E-state index in [2.05, 4.69) is 4.90 Å². The average molecular weight is 444 g/mol. The summed E-state index contributed by atoms with van der Waals surface area (Å²) in [6.45, 7) is 3.08. The van der Waals surface area contributed by atoms with Crippen LogP contribution in [0.15, 0.2) is 54.6 Å². The van der Waals surface area contributed by atoms with Crippen molar-refractivity contribution < 1.29 is 17.6 Å². The molecular weight excluding hydrogens is 417 g/mol. The van der Waals surface area contributed by atoms with Crippen molar-refractivity contribution in [3.8, 4) is 0 Å². The number of fused-ring (bicyclic) bond motifs is 1. The topological polar surface area (TPSA) is 62.6 Å². The Labute approximate surface area is 181 Å². The predicted octanol–water partition coefficient (Wildman–Crippen LogP) is 2.63. The van der Waals surface area contributed by atoms with Gasteiger partial charge in [-0.05, 0) is 18.2 Å². The number of hydrogen-bond acceptors (Lipinski definition) is 4. The molecule has 0 spiro atoms. The van der Waals surface area contributed by atoms with Crippen molar-refractivity contribution >= 4 is 26.6 Å². The molecule has 31 heavy (non-hydrogen) atoms. The van der Waals surface area contributed by atoms with Crippen LogP contribution in [0.25, 0.3) is 10.9 Å². The summed E-state index contributed by atoms with van der Waals surface area (Å²) < 4.78 is 39.0. The van der Waals surface area contributed by atoms with Crippen LogP contribution < -0.4 is 0 Å². The van der Waals surface area contributed by atoms with Gasteiger partial charge in [-0.3, -0.25) is 9.69 Å². The molecule has 1 aliphatic heterocycles. The molecule has 6 nitrogen and oxygen atoms in total. The molecule has 0 saturated carbocycles. The van der Waals surface area contributed by atoms with Gasteiger partial charge in [0.05, 0.1) is 12.3 Å². The van der Waals surface area contributed by atoms with E-state index < -0.39 is 9.84 Å². The van der Waals surface area contributed by atoms with E-state index in [1.165, 1.54) is 12.3 Å². The number of benzene rings is 2. The SMILES string of the molecule is CS(=O)(=O)CCN1CCN(C(=O)c2cc3ccccc3n2Cc2ccccc2F)CC1. The van der Waals surface area contributed by atoms with Crippen molar-refractivity contribution in [3.05, 3.63) is 71.7 Å². The minimum absolute atomic E-state index is 0.0877. The fourth-order valence-electron chi connectivity index (χ4n) is 3.99. The van der Waals surface area contributed by atoms with Gasteiger partial charge in [0.1, 0.15) is 21.3 Å². The Morgan fingerprint density at radius 3 is 2.39 bits per heavy atom. The summed E-state index contributed by atoms with van der Waals surface area (Å²) in [5.74, 6) is -0.258. The van der Waals surface area contributed by atoms with Gasteiger partial charge in [0.2, 0.25) is 0 Å². The number of rotatable bonds is 6. The van der Waals surface area contributed by atoms with Crippen LogP contribution in [-0.2, 0) is 16.4 Å². The maximum absolute atomic E-state index is 14.3. The fraction of sp³-hybridized carbons (Fsp3) is 0.348. The summed E-state index contributed by atoms with van der Waals surface area (Å²) >= 11 is 0. The largest absolute Gasteiger partial charge is 0.335 e. The number of carbonyl (C=O) groups is 1. The number of carbonyl (C=O) groups excluding carboxylic acids is 1. The Hall–Kier alpha value is -2.71. The van der Waals surface area contributed by atoms with Gasteiger partial charge >= 0.3 is 0 Å². The number of para-hydroxylation sites is 1. The van der Waals surface area contributed by atoms with Gasteiger partial charge in [0, 0.05) is 55.4 Å². The summed E-state index contributed by atoms with van der Waals surface area (Å²) in [5.41, 5.74) is 1.96. The van der Waals surface area contributed by atoms with Crippen LogP contribution in [-0.4, -0.2) is 73.4 Å². The molecule has 0 unspecified atom stereocenters. The number of aromatic nitrogens is 1. The van der Waals surface area contributed by atoms with Crippen LogP contribution in [0.5, 0.6) is 0 Å². The zero-order valence-electron chi connectivity index (χ0n) is 17.5. The molecule has 164 valence electrons. The first-order valence-electron chi connectivity index (χ1n) is 10.3. The van der Waals surface area contributed by atoms with E-state index in [0.29, 0.717) is 44.0 Å². The van der Waals surface area contributed by atoms with Gasteiger partial charge in [0.25, 0.3) is 5.91 Å². The number of amides is 1. The molecule has 1 saturated heterocycles. The maximum Gasteiger partial charge on any atom is 0.270 e. The zero-order chi connectivity index (χ0) is 22.0. The number of nitrogens with zero attached hydrogens (tertiary/aromatic N) is 3. The molecule has 3 aromatic rings. The predicted molar refractivity (Wildman–Crippen MR) is 119 cm³/mol. The van der Waals surface area contributed by atoms with Crippen molar-refractivity contribution in [3.63, 3.8) is 0 Å². The van der Waals surface area contributed by atoms with E-state index >= 15 is 0 Å². The highest BCUT2D eigenvalue weighted by molar-refractivity contribution is 7.90. The van der Waals surface area contributed by atoms with Gasteiger partial charge in [-0.25, -0.2) is 12.8 Å². The van der Waals surface area contributed by atoms with Crippen LogP contribution in [0.1, 0.15) is 16.1 Å². The monoisotopic (exact) mass is 443 g/mol. The van der Waals surface area contributed by atoms with E-state index in [-0.39, 0.29) is 24.0 Å². The van der Waals surface area contributed by atoms with Crippen LogP contribution in [0, 0.1) is 5.82 Å². The van der Waals surface area contributed by atoms with Gasteiger partial charge in [-0.1, -0.05) is 36.4 Å². The van der Waals surface area contributed by atoms with Gasteiger partial charge < -0.3 is 9.47 Å². The lowest BCUT2D eigenvalue weighted by atomic mass is 10.2. The Morgan fingerprint density at radius 2 is 1.68 bits per heavy atom. The third-order valence-electron chi connectivity index (χ3n) is 5.75. The third-order valence-corrected chi connectivity index (χ3v) is 6.68. The summed E-state index contributed by atoms with van der Waals surface area (Å²) in [4.78, 5) is 17.2. The van der Waals surface area contributed by atoms with Crippen LogP contribution in [0.2, 0.25) is 0 Å². The van der Waals surface area contributed by atoms with E-state index in [0.717, 1.165) is 10.9 Å². The third kappa shape index (κ3) is 4.97. The highest BCUT2D eigenvalue weighted by atomic mass is 32.2. The molecule has 1 aliphatic rings. The molecular formula is C23H26FN3O3S. The minimum atomic E-state index is -3.01. The molecule has 2 heterocycles. The Bertz CT molecular complexity index is 1200. The first kappa shape index (κ1) is 21.5. The molecule has 0 aliphatic carbocycles. The number of halogens is 1. The molecule has 0 bridgehead atoms. The summed E-state index contributed by atoms with van der Waals surface area (Å²) in [5, 5.41) is 0.939. The summed E-state index contributed by atoms with van der Waals surface area (Å²) in [6, 6.07) is 16.2. The van der Waals surface area contributed by atoms with Crippen LogP contribution >= 0.6 is 0 Å². The maximum atomic E-state index is 14.3. The minimum Gasteiger partial charge on any atom is -0.335 e. The molecule has 8 heteroatoms. The van der Waals surface area contributed by atoms with Crippen molar-refractivity contribution in [1.82, 2.24) is 14.4 Å². The lowest BCUT2D eigenvalue weighted by Gasteiger charge is -2.34. The molecule has 1 fully saturated rings. The van der Waals surface area contributed by atoms with Crippen molar-refractivity contribution in [2.75, 3.05) is 44.7 Å². The second-order valence-electron chi connectivity index (χ2n) is 8.03. The fourth-order valence-corrected chi connectivity index (χ4v) is 4.58. The molecule has 0 atom stereocenters. The van der Waals surface area contributed by atoms with Crippen molar-refractivity contribution in [1.29, 1.82) is 0 Å². The molecule has 0 radical (unpaired) electrons. The van der Waals surface area contributed by atoms with Crippen molar-refractivity contribution in [2.45, 2.75) is 6.54 Å². The van der Waals surface area contributed by atoms with E-state index in [1.54, 1.807) is 23.1 Å². The Morgan fingerprint density at radius 1 is 1.00 bits per heavy atom. The summed E-state index contributed by atoms with van der Waals surface area (Å²) in [6.07, 6.45) is 1.24. The Kier molecular flexibility index (Phi) is 6.11. The lowest BCUT2D eigenvalue weighted by Crippen LogP contribution is -2.49. The number of piperazine rings is 1. The standard InChI is InChI=1S/C23H26FN3O3S/c1-31(29,30)15-14-25-10-12-26(13-11-25)23(28)22-16-18-6-3-5-9-21(18)27(22)17-19-7-2-4-8-20(19)24/h2-9,16H,10-15,17H2,1H3. The molecule has 2 aromatic carbocycles. The number of sulfone groups is 1. The van der Waals surface area contributed by atoms with Gasteiger partial charge in [-0.2, -0.15) is 0 Å². The molecule has 4 rings (SSSR count). The quantitative estimate of drug-likeness (QED) is 0.588. The highest BCUT2D eigenvalue weighted by Crippen LogP contribution is 2.24. The van der Waals surface area contributed by atoms with Crippen LogP contribution in [0.4, 0.5) is 4.39 Å². The lowest BCUT2D eigenvalue weighted by molar-refractivity contribution is 0.0634. The van der Waals surface area contributed by atoms with E-state index in [4.69, 9.17) is 0 Å². The smallest absolute Gasteiger partial charge is 0.270 e. The molecule has 1 aromatic heterocycles. The number of hydrogen-bond donors (Lipinski definition) is 0. The first-order valence-corrected chi connectivity index (χ1v) is 12.4. The van der Waals surface area contributed by atoms with Gasteiger partial charge in [-0.15, -0.1) is 0 Å². The molecule has 0 N–H and O–H groups in total. The second-order valence-corrected chi connectivity index (χ2v) is 10.3. The Balaban J connectivity index is 1.55. The zero-order valence-corrected chi connectivity index (χ0v) is 18.3. The van der Waals surface area contributed by atoms with Crippen LogP contribution in [0.3, 0.4) is 0 Å². The van der Waals surface area contributed by atoms with Gasteiger partial charge in [0.15, 0.2) is 0 Å². The van der Waals surface area contributed by atoms with E-state index in [9.17, 15) is 17.6 Å². The van der Waals surface area contributed by atoms with E-state index in [1.807, 2.05) is 34.9 Å². The normalized spacial score (nSPS) is 15.5. The van der Waals surface area contributed by atoms with Crippen molar-refractivity contribution in [2.24, 2.45) is 0 Å². The molecule has 1 amide bonds.